The average Bonchev–Trinajstić information content (AvgIpc) is 2.18. The topological polar surface area (TPSA) is 69.4 Å². The summed E-state index contributed by atoms with van der Waals surface area (Å²) in [6.45, 7) is 1.93. The summed E-state index contributed by atoms with van der Waals surface area (Å²) < 4.78 is 4.70. The van der Waals surface area contributed by atoms with E-state index in [0.29, 0.717) is 0 Å². The average molecular weight is 215 g/mol. The van der Waals surface area contributed by atoms with Crippen LogP contribution >= 0.6 is 0 Å². The molecule has 0 heterocycles. The Morgan fingerprint density at radius 1 is 1.53 bits per heavy atom. The molecule has 1 aromatic rings. The zero-order valence-corrected chi connectivity index (χ0v) is 8.00. The molecule has 6 heteroatoms. The van der Waals surface area contributed by atoms with E-state index in [1.165, 1.54) is 24.3 Å². The third-order valence-corrected chi connectivity index (χ3v) is 1.57. The van der Waals surface area contributed by atoms with Crippen LogP contribution in [-0.4, -0.2) is 17.5 Å². The van der Waals surface area contributed by atoms with Crippen molar-refractivity contribution in [1.29, 1.82) is 0 Å². The van der Waals surface area contributed by atoms with E-state index in [0.717, 1.165) is 0 Å². The molecular weight excluding hydrogens is 205 g/mol. The van der Waals surface area contributed by atoms with Crippen LogP contribution in [0.15, 0.2) is 24.3 Å². The lowest BCUT2D eigenvalue weighted by Gasteiger charge is -2.00. The molecular formula is C9H10FNO4. The molecule has 0 aromatic heterocycles. The number of benzene rings is 1. The molecule has 0 unspecified atom stereocenters. The smallest absolute Gasteiger partial charge is 0.338 e. The van der Waals surface area contributed by atoms with Crippen molar-refractivity contribution in [3.05, 3.63) is 39.9 Å². The van der Waals surface area contributed by atoms with E-state index in [1.807, 2.05) is 0 Å². The summed E-state index contributed by atoms with van der Waals surface area (Å²) in [4.78, 5) is 21.0. The Balaban J connectivity index is 0.00000196. The van der Waals surface area contributed by atoms with Crippen LogP contribution in [-0.2, 0) is 4.74 Å². The van der Waals surface area contributed by atoms with E-state index in [1.54, 1.807) is 6.92 Å². The van der Waals surface area contributed by atoms with Crippen LogP contribution in [0.5, 0.6) is 0 Å². The molecule has 0 atom stereocenters. The number of halogens is 1. The third-order valence-electron chi connectivity index (χ3n) is 1.57. The van der Waals surface area contributed by atoms with Gasteiger partial charge >= 0.3 is 5.97 Å². The number of hydrogen-bond acceptors (Lipinski definition) is 4. The number of hydrogen-bond donors (Lipinski definition) is 0. The number of non-ortho nitro benzene ring substituents is 1. The molecule has 0 aliphatic heterocycles. The van der Waals surface area contributed by atoms with Gasteiger partial charge in [0, 0.05) is 12.1 Å². The molecule has 0 saturated heterocycles. The minimum absolute atomic E-state index is 0. The van der Waals surface area contributed by atoms with Crippen LogP contribution < -0.4 is 0 Å². The molecule has 0 fully saturated rings. The number of rotatable bonds is 3. The molecule has 0 radical (unpaired) electrons. The number of nitro benzene ring substituents is 1. The second-order valence-electron chi connectivity index (χ2n) is 2.53. The van der Waals surface area contributed by atoms with Crippen molar-refractivity contribution < 1.29 is 19.2 Å². The normalized spacial score (nSPS) is 8.87. The molecule has 0 aliphatic rings. The largest absolute Gasteiger partial charge is 0.462 e. The maximum atomic E-state index is 11.2. The molecule has 5 nitrogen and oxygen atoms in total. The molecule has 0 aliphatic carbocycles. The molecule has 0 N–H and O–H groups in total. The summed E-state index contributed by atoms with van der Waals surface area (Å²) in [7, 11) is 0. The van der Waals surface area contributed by atoms with E-state index < -0.39 is 10.9 Å². The Morgan fingerprint density at radius 2 is 2.20 bits per heavy atom. The van der Waals surface area contributed by atoms with E-state index in [2.05, 4.69) is 0 Å². The maximum absolute atomic E-state index is 11.2. The molecule has 0 spiro atoms. The number of carbonyl (C=O) groups is 1. The summed E-state index contributed by atoms with van der Waals surface area (Å²) >= 11 is 0. The standard InChI is InChI=1S/C9H9NO4.FH/c1-2-14-9(11)7-4-3-5-8(6-7)10(12)13;/h3-6H,2H2,1H3;1H. The first-order valence-corrected chi connectivity index (χ1v) is 4.06. The van der Waals surface area contributed by atoms with Crippen molar-refractivity contribution in [3.8, 4) is 0 Å². The molecule has 1 aromatic carbocycles. The first-order valence-electron chi connectivity index (χ1n) is 4.06. The van der Waals surface area contributed by atoms with Crippen LogP contribution in [0.25, 0.3) is 0 Å². The Kier molecular flexibility index (Phi) is 4.94. The lowest BCUT2D eigenvalue weighted by atomic mass is 10.2. The van der Waals surface area contributed by atoms with Crippen molar-refractivity contribution in [1.82, 2.24) is 0 Å². The fourth-order valence-corrected chi connectivity index (χ4v) is 0.961. The van der Waals surface area contributed by atoms with Crippen molar-refractivity contribution in [3.63, 3.8) is 0 Å². The second kappa shape index (κ2) is 5.69. The number of esters is 1. The lowest BCUT2D eigenvalue weighted by Crippen LogP contribution is -2.04. The zero-order chi connectivity index (χ0) is 10.6. The second-order valence-corrected chi connectivity index (χ2v) is 2.53. The number of nitro groups is 1. The van der Waals surface area contributed by atoms with E-state index >= 15 is 0 Å². The highest BCUT2D eigenvalue weighted by Crippen LogP contribution is 2.13. The monoisotopic (exact) mass is 215 g/mol. The first-order chi connectivity index (χ1) is 6.65. The van der Waals surface area contributed by atoms with E-state index in [-0.39, 0.29) is 22.6 Å². The van der Waals surface area contributed by atoms with E-state index in [4.69, 9.17) is 4.74 Å². The van der Waals surface area contributed by atoms with Crippen LogP contribution in [0, 0.1) is 10.1 Å². The molecule has 0 amide bonds. The van der Waals surface area contributed by atoms with Crippen LogP contribution in [0.3, 0.4) is 0 Å². The van der Waals surface area contributed by atoms with Crippen molar-refractivity contribution >= 4 is 11.7 Å². The highest BCUT2D eigenvalue weighted by Gasteiger charge is 2.11. The van der Waals surface area contributed by atoms with Gasteiger partial charge in [0.25, 0.3) is 5.69 Å². The zero-order valence-electron chi connectivity index (χ0n) is 8.00. The summed E-state index contributed by atoms with van der Waals surface area (Å²) in [6, 6.07) is 5.44. The van der Waals surface area contributed by atoms with Gasteiger partial charge in [-0.15, -0.1) is 0 Å². The fraction of sp³-hybridized carbons (Fsp3) is 0.222. The van der Waals surface area contributed by atoms with Gasteiger partial charge in [-0.3, -0.25) is 14.8 Å². The minimum atomic E-state index is -0.553. The molecule has 1 rings (SSSR count). The Hall–Kier alpha value is -1.98. The summed E-state index contributed by atoms with van der Waals surface area (Å²) in [6.07, 6.45) is 0. The quantitative estimate of drug-likeness (QED) is 0.438. The first kappa shape index (κ1) is 13.0. The number of carbonyl (C=O) groups excluding carboxylic acids is 1. The van der Waals surface area contributed by atoms with Gasteiger partial charge in [0.2, 0.25) is 0 Å². The third kappa shape index (κ3) is 3.34. The summed E-state index contributed by atoms with van der Waals surface area (Å²) in [5, 5.41) is 10.4. The predicted molar refractivity (Wildman–Crippen MR) is 51.6 cm³/mol. The molecule has 0 saturated carbocycles. The van der Waals surface area contributed by atoms with Gasteiger partial charge in [0.05, 0.1) is 17.1 Å². The van der Waals surface area contributed by atoms with Crippen molar-refractivity contribution in [2.24, 2.45) is 0 Å². The predicted octanol–water partition coefficient (Wildman–Crippen LogP) is 1.92. The SMILES string of the molecule is CCOC(=O)c1cccc([N+](=O)[O-])c1.F. The van der Waals surface area contributed by atoms with Gasteiger partial charge in [-0.05, 0) is 13.0 Å². The lowest BCUT2D eigenvalue weighted by molar-refractivity contribution is -0.384. The van der Waals surface area contributed by atoms with Crippen LogP contribution in [0.1, 0.15) is 17.3 Å². The van der Waals surface area contributed by atoms with Crippen LogP contribution in [0.2, 0.25) is 0 Å². The van der Waals surface area contributed by atoms with Gasteiger partial charge < -0.3 is 4.74 Å². The Morgan fingerprint density at radius 3 is 2.73 bits per heavy atom. The molecule has 0 bridgehead atoms. The van der Waals surface area contributed by atoms with Gasteiger partial charge in [-0.1, -0.05) is 6.07 Å². The number of nitrogens with zero attached hydrogens (tertiary/aromatic N) is 1. The summed E-state index contributed by atoms with van der Waals surface area (Å²) in [5.74, 6) is -0.545. The highest BCUT2D eigenvalue weighted by atomic mass is 19.0. The summed E-state index contributed by atoms with van der Waals surface area (Å²) in [5.41, 5.74) is 0.0802. The van der Waals surface area contributed by atoms with Crippen LogP contribution in [0.4, 0.5) is 10.4 Å². The Labute approximate surface area is 85.2 Å². The molecule has 15 heavy (non-hydrogen) atoms. The van der Waals surface area contributed by atoms with Gasteiger partial charge in [-0.25, -0.2) is 4.79 Å². The Bertz CT molecular complexity index is 367. The van der Waals surface area contributed by atoms with Gasteiger partial charge in [0.15, 0.2) is 0 Å². The van der Waals surface area contributed by atoms with Gasteiger partial charge in [-0.2, -0.15) is 0 Å². The van der Waals surface area contributed by atoms with Gasteiger partial charge in [0.1, 0.15) is 0 Å². The highest BCUT2D eigenvalue weighted by molar-refractivity contribution is 5.90. The maximum Gasteiger partial charge on any atom is 0.338 e. The van der Waals surface area contributed by atoms with Crippen molar-refractivity contribution in [2.45, 2.75) is 6.92 Å². The van der Waals surface area contributed by atoms with E-state index in [9.17, 15) is 14.9 Å². The minimum Gasteiger partial charge on any atom is -0.462 e. The molecule has 82 valence electrons. The fourth-order valence-electron chi connectivity index (χ4n) is 0.961. The van der Waals surface area contributed by atoms with Crippen molar-refractivity contribution in [2.75, 3.05) is 6.61 Å². The number of ether oxygens (including phenoxy) is 1.